The summed E-state index contributed by atoms with van der Waals surface area (Å²) in [7, 11) is 0. The summed E-state index contributed by atoms with van der Waals surface area (Å²) >= 11 is 0. The molecule has 9 heteroatoms. The highest BCUT2D eigenvalue weighted by atomic mass is 16.6. The molecule has 2 aliphatic heterocycles. The van der Waals surface area contributed by atoms with Gasteiger partial charge in [-0.15, -0.1) is 0 Å². The minimum absolute atomic E-state index is 0.108. The van der Waals surface area contributed by atoms with E-state index in [9.17, 15) is 9.59 Å². The van der Waals surface area contributed by atoms with E-state index in [1.807, 2.05) is 39.5 Å². The lowest BCUT2D eigenvalue weighted by molar-refractivity contribution is -0.0816. The maximum Gasteiger partial charge on any atom is 0.412 e. The van der Waals surface area contributed by atoms with Crippen LogP contribution in [-0.4, -0.2) is 91.0 Å². The second kappa shape index (κ2) is 13.7. The summed E-state index contributed by atoms with van der Waals surface area (Å²) in [5.74, 6) is 0.744. The van der Waals surface area contributed by atoms with Crippen LogP contribution in [0.3, 0.4) is 0 Å². The molecule has 0 aromatic rings. The number of rotatable bonds is 9. The lowest BCUT2D eigenvalue weighted by Gasteiger charge is -2.37. The Kier molecular flexibility index (Phi) is 11.1. The zero-order valence-electron chi connectivity index (χ0n) is 24.9. The van der Waals surface area contributed by atoms with Crippen LogP contribution in [0.25, 0.3) is 0 Å². The lowest BCUT2D eigenvalue weighted by Crippen LogP contribution is -2.51. The molecule has 0 radical (unpaired) electrons. The third-order valence-corrected chi connectivity index (χ3v) is 8.01. The van der Waals surface area contributed by atoms with E-state index in [0.717, 1.165) is 32.7 Å². The first kappa shape index (κ1) is 31.0. The summed E-state index contributed by atoms with van der Waals surface area (Å²) < 4.78 is 23.3. The van der Waals surface area contributed by atoms with Crippen LogP contribution in [-0.2, 0) is 18.9 Å². The molecule has 3 atom stereocenters. The Hall–Kier alpha value is -1.58. The Morgan fingerprint density at radius 1 is 1.08 bits per heavy atom. The standard InChI is InChI=1S/C29H53N3O6/c1-21(2)23(30-26(33)36-18-15-31-13-16-35-17-14-31)20-25-24(19-22-11-9-8-10-12-22)32(29(6,7)37-25)27(34)38-28(3,4)5/h21-25H,8-20H2,1-7H3,(H,30,33)/t23-,24-,25?/m0/s1. The van der Waals surface area contributed by atoms with E-state index in [2.05, 4.69) is 24.1 Å². The fourth-order valence-electron chi connectivity index (χ4n) is 6.00. The van der Waals surface area contributed by atoms with Gasteiger partial charge in [0.1, 0.15) is 17.9 Å². The van der Waals surface area contributed by atoms with Crippen LogP contribution in [0.1, 0.15) is 93.4 Å². The number of carbonyl (C=O) groups excluding carboxylic acids is 2. The van der Waals surface area contributed by atoms with Gasteiger partial charge in [-0.1, -0.05) is 46.0 Å². The van der Waals surface area contributed by atoms with Gasteiger partial charge in [-0.2, -0.15) is 0 Å². The molecule has 3 aliphatic rings. The Labute approximate surface area is 230 Å². The first-order valence-corrected chi connectivity index (χ1v) is 14.8. The quantitative estimate of drug-likeness (QED) is 0.432. The lowest BCUT2D eigenvalue weighted by atomic mass is 9.82. The minimum atomic E-state index is -0.799. The van der Waals surface area contributed by atoms with Crippen molar-refractivity contribution in [2.24, 2.45) is 11.8 Å². The maximum absolute atomic E-state index is 13.4. The summed E-state index contributed by atoms with van der Waals surface area (Å²) in [5.41, 5.74) is -1.39. The summed E-state index contributed by atoms with van der Waals surface area (Å²) in [4.78, 5) is 30.2. The van der Waals surface area contributed by atoms with Gasteiger partial charge in [-0.3, -0.25) is 9.80 Å². The van der Waals surface area contributed by atoms with Gasteiger partial charge < -0.3 is 24.3 Å². The molecule has 220 valence electrons. The van der Waals surface area contributed by atoms with Crippen LogP contribution >= 0.6 is 0 Å². The highest BCUT2D eigenvalue weighted by molar-refractivity contribution is 5.70. The smallest absolute Gasteiger partial charge is 0.412 e. The first-order valence-electron chi connectivity index (χ1n) is 14.8. The van der Waals surface area contributed by atoms with Crippen molar-refractivity contribution in [3.05, 3.63) is 0 Å². The van der Waals surface area contributed by atoms with E-state index < -0.39 is 17.4 Å². The predicted octanol–water partition coefficient (Wildman–Crippen LogP) is 5.17. The SMILES string of the molecule is CC(C)[C@H](CC1OC(C)(C)N(C(=O)OC(C)(C)C)[C@H]1CC1CCCCC1)NC(=O)OCCN1CCOCC1. The number of alkyl carbamates (subject to hydrolysis) is 1. The third kappa shape index (κ3) is 9.26. The molecule has 0 spiro atoms. The van der Waals surface area contributed by atoms with Crippen LogP contribution in [0.5, 0.6) is 0 Å². The van der Waals surface area contributed by atoms with Gasteiger partial charge in [0.2, 0.25) is 0 Å². The second-order valence-corrected chi connectivity index (χ2v) is 13.1. The van der Waals surface area contributed by atoms with Gasteiger partial charge in [-0.05, 0) is 59.3 Å². The first-order chi connectivity index (χ1) is 17.9. The van der Waals surface area contributed by atoms with Crippen LogP contribution in [0, 0.1) is 11.8 Å². The van der Waals surface area contributed by atoms with E-state index in [1.54, 1.807) is 0 Å². The zero-order valence-corrected chi connectivity index (χ0v) is 24.9. The topological polar surface area (TPSA) is 89.6 Å². The zero-order chi connectivity index (χ0) is 27.9. The molecule has 0 bridgehead atoms. The molecule has 3 rings (SSSR count). The molecule has 2 amide bonds. The number of amides is 2. The number of hydrogen-bond acceptors (Lipinski definition) is 7. The van der Waals surface area contributed by atoms with Gasteiger partial charge >= 0.3 is 12.2 Å². The third-order valence-electron chi connectivity index (χ3n) is 8.01. The molecule has 38 heavy (non-hydrogen) atoms. The summed E-state index contributed by atoms with van der Waals surface area (Å²) in [6.45, 7) is 18.0. The van der Waals surface area contributed by atoms with Crippen LogP contribution in [0.4, 0.5) is 9.59 Å². The van der Waals surface area contributed by atoms with E-state index in [0.29, 0.717) is 25.5 Å². The minimum Gasteiger partial charge on any atom is -0.448 e. The molecular formula is C29H53N3O6. The number of morpholine rings is 1. The van der Waals surface area contributed by atoms with Crippen molar-refractivity contribution in [3.63, 3.8) is 0 Å². The molecule has 2 saturated heterocycles. The Morgan fingerprint density at radius 2 is 1.74 bits per heavy atom. The van der Waals surface area contributed by atoms with Crippen molar-refractivity contribution in [3.8, 4) is 0 Å². The average molecular weight is 540 g/mol. The number of carbonyl (C=O) groups is 2. The summed E-state index contributed by atoms with van der Waals surface area (Å²) in [6, 6.07) is -0.248. The van der Waals surface area contributed by atoms with Crippen LogP contribution < -0.4 is 5.32 Å². The van der Waals surface area contributed by atoms with Crippen molar-refractivity contribution in [1.29, 1.82) is 0 Å². The second-order valence-electron chi connectivity index (χ2n) is 13.1. The maximum atomic E-state index is 13.4. The predicted molar refractivity (Wildman–Crippen MR) is 147 cm³/mol. The van der Waals surface area contributed by atoms with Crippen molar-refractivity contribution >= 4 is 12.2 Å². The van der Waals surface area contributed by atoms with Crippen LogP contribution in [0.2, 0.25) is 0 Å². The van der Waals surface area contributed by atoms with Gasteiger partial charge in [0, 0.05) is 25.7 Å². The number of hydrogen-bond donors (Lipinski definition) is 1. The van der Waals surface area contributed by atoms with Crippen LogP contribution in [0.15, 0.2) is 0 Å². The normalized spacial score (nSPS) is 25.8. The largest absolute Gasteiger partial charge is 0.448 e. The molecule has 9 nitrogen and oxygen atoms in total. The van der Waals surface area contributed by atoms with E-state index in [-0.39, 0.29) is 30.2 Å². The molecule has 1 N–H and O–H groups in total. The molecule has 0 aromatic heterocycles. The molecule has 1 aliphatic carbocycles. The number of ether oxygens (including phenoxy) is 4. The van der Waals surface area contributed by atoms with Crippen molar-refractivity contribution in [1.82, 2.24) is 15.1 Å². The Balaban J connectivity index is 1.67. The molecule has 2 heterocycles. The van der Waals surface area contributed by atoms with Crippen molar-refractivity contribution < 1.29 is 28.5 Å². The van der Waals surface area contributed by atoms with E-state index in [1.165, 1.54) is 32.1 Å². The summed E-state index contributed by atoms with van der Waals surface area (Å²) in [6.07, 6.45) is 6.70. The Morgan fingerprint density at radius 3 is 2.34 bits per heavy atom. The van der Waals surface area contributed by atoms with Gasteiger partial charge in [-0.25, -0.2) is 9.59 Å². The molecule has 0 aromatic carbocycles. The molecule has 1 unspecified atom stereocenters. The van der Waals surface area contributed by atoms with Crippen molar-refractivity contribution in [2.45, 2.75) is 123 Å². The highest BCUT2D eigenvalue weighted by Gasteiger charge is 2.52. The molecular weight excluding hydrogens is 486 g/mol. The number of nitrogens with one attached hydrogen (secondary N) is 1. The van der Waals surface area contributed by atoms with Gasteiger partial charge in [0.05, 0.1) is 25.4 Å². The van der Waals surface area contributed by atoms with Gasteiger partial charge in [0.15, 0.2) is 0 Å². The highest BCUT2D eigenvalue weighted by Crippen LogP contribution is 2.41. The fraction of sp³-hybridized carbons (Fsp3) is 0.931. The summed E-state index contributed by atoms with van der Waals surface area (Å²) in [5, 5.41) is 3.10. The van der Waals surface area contributed by atoms with E-state index >= 15 is 0 Å². The fourth-order valence-corrected chi connectivity index (χ4v) is 6.00. The molecule has 3 fully saturated rings. The van der Waals surface area contributed by atoms with Gasteiger partial charge in [0.25, 0.3) is 0 Å². The average Bonchev–Trinajstić information content (AvgIpc) is 3.07. The van der Waals surface area contributed by atoms with Crippen molar-refractivity contribution in [2.75, 3.05) is 39.5 Å². The Bertz CT molecular complexity index is 756. The number of nitrogens with zero attached hydrogens (tertiary/aromatic N) is 2. The monoisotopic (exact) mass is 539 g/mol. The molecule has 1 saturated carbocycles. The van der Waals surface area contributed by atoms with E-state index in [4.69, 9.17) is 18.9 Å².